The summed E-state index contributed by atoms with van der Waals surface area (Å²) in [6.45, 7) is 4.01. The van der Waals surface area contributed by atoms with Crippen molar-refractivity contribution in [3.8, 4) is 0 Å². The van der Waals surface area contributed by atoms with Crippen LogP contribution in [0.15, 0.2) is 23.5 Å². The molecule has 0 fully saturated rings. The Morgan fingerprint density at radius 2 is 2.05 bits per heavy atom. The van der Waals surface area contributed by atoms with E-state index in [-0.39, 0.29) is 18.0 Å². The smallest absolute Gasteiger partial charge is 0.323 e. The Kier molecular flexibility index (Phi) is 3.74. The molecule has 2 aromatic rings. The second kappa shape index (κ2) is 5.47. The van der Waals surface area contributed by atoms with Crippen LogP contribution < -0.4 is 11.0 Å². The minimum atomic E-state index is -0.189. The number of rotatable bonds is 4. The Hall–Kier alpha value is -2.44. The zero-order chi connectivity index (χ0) is 13.8. The van der Waals surface area contributed by atoms with Crippen LogP contribution >= 0.6 is 0 Å². The molecule has 0 aromatic carbocycles. The van der Waals surface area contributed by atoms with Crippen molar-refractivity contribution >= 4 is 11.6 Å². The van der Waals surface area contributed by atoms with Crippen LogP contribution in [0.3, 0.4) is 0 Å². The molecule has 0 spiro atoms. The molecule has 2 rings (SSSR count). The minimum absolute atomic E-state index is 0.181. The highest BCUT2D eigenvalue weighted by atomic mass is 16.2. The van der Waals surface area contributed by atoms with Crippen LogP contribution in [-0.4, -0.2) is 25.4 Å². The summed E-state index contributed by atoms with van der Waals surface area (Å²) >= 11 is 0. The van der Waals surface area contributed by atoms with E-state index in [1.807, 2.05) is 13.8 Å². The van der Waals surface area contributed by atoms with Crippen LogP contribution in [0.25, 0.3) is 0 Å². The maximum Gasteiger partial charge on any atom is 0.325 e. The first-order valence-corrected chi connectivity index (χ1v) is 5.89. The van der Waals surface area contributed by atoms with Crippen molar-refractivity contribution in [2.75, 3.05) is 5.32 Å². The van der Waals surface area contributed by atoms with E-state index in [2.05, 4.69) is 20.3 Å². The number of nitrogens with zero attached hydrogens (tertiary/aromatic N) is 3. The van der Waals surface area contributed by atoms with Gasteiger partial charge in [-0.25, -0.2) is 14.8 Å². The number of aromatic amines is 1. The highest BCUT2D eigenvalue weighted by Crippen LogP contribution is 2.04. The first-order valence-electron chi connectivity index (χ1n) is 5.89. The predicted molar refractivity (Wildman–Crippen MR) is 69.8 cm³/mol. The molecule has 2 aromatic heterocycles. The topological polar surface area (TPSA) is 92.7 Å². The van der Waals surface area contributed by atoms with Gasteiger partial charge in [-0.1, -0.05) is 0 Å². The fourth-order valence-electron chi connectivity index (χ4n) is 1.74. The van der Waals surface area contributed by atoms with Crippen molar-refractivity contribution in [3.05, 3.63) is 40.6 Å². The monoisotopic (exact) mass is 261 g/mol. The quantitative estimate of drug-likeness (QED) is 0.843. The largest absolute Gasteiger partial charge is 0.325 e. The van der Waals surface area contributed by atoms with Crippen LogP contribution in [0.1, 0.15) is 17.8 Å². The lowest BCUT2D eigenvalue weighted by atomic mass is 10.3. The first-order chi connectivity index (χ1) is 9.08. The highest BCUT2D eigenvalue weighted by Gasteiger charge is 2.09. The Morgan fingerprint density at radius 1 is 1.37 bits per heavy atom. The summed E-state index contributed by atoms with van der Waals surface area (Å²) in [5.74, 6) is -0.181. The molecule has 1 amide bonds. The number of imidazole rings is 1. The van der Waals surface area contributed by atoms with Crippen LogP contribution in [0, 0.1) is 13.8 Å². The lowest BCUT2D eigenvalue weighted by Crippen LogP contribution is -2.22. The number of nitrogens with one attached hydrogen (secondary N) is 2. The summed E-state index contributed by atoms with van der Waals surface area (Å²) in [6.07, 6.45) is 4.64. The normalized spacial score (nSPS) is 10.4. The maximum atomic E-state index is 11.7. The van der Waals surface area contributed by atoms with Crippen LogP contribution in [0.4, 0.5) is 5.69 Å². The van der Waals surface area contributed by atoms with E-state index < -0.39 is 0 Å². The molecule has 0 aliphatic heterocycles. The lowest BCUT2D eigenvalue weighted by Gasteiger charge is -2.05. The maximum absolute atomic E-state index is 11.7. The van der Waals surface area contributed by atoms with E-state index in [9.17, 15) is 9.59 Å². The van der Waals surface area contributed by atoms with Gasteiger partial charge in [-0.05, 0) is 13.8 Å². The van der Waals surface area contributed by atoms with Crippen LogP contribution in [-0.2, 0) is 11.3 Å². The number of carbonyl (C=O) groups is 1. The van der Waals surface area contributed by atoms with E-state index in [0.717, 1.165) is 11.4 Å². The number of carbonyl (C=O) groups excluding carboxylic acids is 1. The molecule has 7 heteroatoms. The molecule has 0 saturated heterocycles. The fraction of sp³-hybridized carbons (Fsp3) is 0.333. The van der Waals surface area contributed by atoms with Crippen molar-refractivity contribution in [2.24, 2.45) is 0 Å². The van der Waals surface area contributed by atoms with Crippen molar-refractivity contribution in [3.63, 3.8) is 0 Å². The number of amides is 1. The average molecular weight is 261 g/mol. The molecule has 7 nitrogen and oxygen atoms in total. The number of H-pyrrole nitrogens is 1. The second-order valence-corrected chi connectivity index (χ2v) is 4.22. The SMILES string of the molecule is Cc1[nH]c(=O)n(CCC(=O)Nc2cncnc2)c1C. The van der Waals surface area contributed by atoms with Gasteiger partial charge < -0.3 is 10.3 Å². The van der Waals surface area contributed by atoms with E-state index in [1.54, 1.807) is 4.57 Å². The zero-order valence-electron chi connectivity index (χ0n) is 10.8. The van der Waals surface area contributed by atoms with Crippen molar-refractivity contribution in [1.29, 1.82) is 0 Å². The molecule has 0 atom stereocenters. The summed E-state index contributed by atoms with van der Waals surface area (Å²) in [7, 11) is 0. The van der Waals surface area contributed by atoms with Gasteiger partial charge >= 0.3 is 5.69 Å². The van der Waals surface area contributed by atoms with E-state index in [4.69, 9.17) is 0 Å². The molecule has 2 heterocycles. The summed E-state index contributed by atoms with van der Waals surface area (Å²) in [5.41, 5.74) is 2.02. The van der Waals surface area contributed by atoms with Crippen molar-refractivity contribution in [2.45, 2.75) is 26.8 Å². The van der Waals surface area contributed by atoms with Crippen molar-refractivity contribution < 1.29 is 4.79 Å². The number of hydrogen-bond acceptors (Lipinski definition) is 4. The Balaban J connectivity index is 1.96. The summed E-state index contributed by atoms with van der Waals surface area (Å²) in [6, 6.07) is 0. The van der Waals surface area contributed by atoms with Crippen LogP contribution in [0.2, 0.25) is 0 Å². The Bertz CT molecular complexity index is 629. The molecule has 0 aliphatic rings. The summed E-state index contributed by atoms with van der Waals surface area (Å²) < 4.78 is 1.55. The number of hydrogen-bond donors (Lipinski definition) is 2. The van der Waals surface area contributed by atoms with Gasteiger partial charge in [-0.3, -0.25) is 9.36 Å². The standard InChI is InChI=1S/C12H15N5O2/c1-8-9(2)17(12(19)15-8)4-3-11(18)16-10-5-13-7-14-6-10/h5-7H,3-4H2,1-2H3,(H,15,19)(H,16,18). The summed E-state index contributed by atoms with van der Waals surface area (Å²) in [4.78, 5) is 33.6. The van der Waals surface area contributed by atoms with Gasteiger partial charge in [0.2, 0.25) is 5.91 Å². The van der Waals surface area contributed by atoms with Crippen LogP contribution in [0.5, 0.6) is 0 Å². The average Bonchev–Trinajstić information content (AvgIpc) is 2.62. The molecule has 0 saturated carbocycles. The first kappa shape index (κ1) is 13.0. The van der Waals surface area contributed by atoms with Crippen molar-refractivity contribution in [1.82, 2.24) is 19.5 Å². The fourth-order valence-corrected chi connectivity index (χ4v) is 1.74. The predicted octanol–water partition coefficient (Wildman–Crippen LogP) is 0.612. The molecule has 0 radical (unpaired) electrons. The van der Waals surface area contributed by atoms with Gasteiger partial charge in [0.25, 0.3) is 0 Å². The third kappa shape index (κ3) is 3.06. The Labute approximate surface area is 109 Å². The molecule has 0 unspecified atom stereocenters. The zero-order valence-corrected chi connectivity index (χ0v) is 10.8. The number of aromatic nitrogens is 4. The molecule has 2 N–H and O–H groups in total. The van der Waals surface area contributed by atoms with E-state index in [1.165, 1.54) is 18.7 Å². The molecule has 0 bridgehead atoms. The third-order valence-corrected chi connectivity index (χ3v) is 2.89. The lowest BCUT2D eigenvalue weighted by molar-refractivity contribution is -0.116. The molecular weight excluding hydrogens is 246 g/mol. The summed E-state index contributed by atoms with van der Waals surface area (Å²) in [5, 5.41) is 2.67. The minimum Gasteiger partial charge on any atom is -0.323 e. The van der Waals surface area contributed by atoms with E-state index >= 15 is 0 Å². The van der Waals surface area contributed by atoms with Gasteiger partial charge in [0.05, 0.1) is 18.1 Å². The number of anilines is 1. The number of aryl methyl sites for hydroxylation is 1. The highest BCUT2D eigenvalue weighted by molar-refractivity contribution is 5.90. The van der Waals surface area contributed by atoms with E-state index in [0.29, 0.717) is 12.2 Å². The molecule has 0 aliphatic carbocycles. The molecular formula is C12H15N5O2. The van der Waals surface area contributed by atoms with Gasteiger partial charge in [-0.15, -0.1) is 0 Å². The van der Waals surface area contributed by atoms with Gasteiger partial charge in [0.15, 0.2) is 0 Å². The molecule has 100 valence electrons. The Morgan fingerprint density at radius 3 is 2.63 bits per heavy atom. The third-order valence-electron chi connectivity index (χ3n) is 2.89. The second-order valence-electron chi connectivity index (χ2n) is 4.22. The van der Waals surface area contributed by atoms with Gasteiger partial charge in [0.1, 0.15) is 6.33 Å². The van der Waals surface area contributed by atoms with Gasteiger partial charge in [0, 0.05) is 24.4 Å². The molecule has 19 heavy (non-hydrogen) atoms. The van der Waals surface area contributed by atoms with Gasteiger partial charge in [-0.2, -0.15) is 0 Å².